The van der Waals surface area contributed by atoms with Crippen molar-refractivity contribution in [1.29, 1.82) is 0 Å². The molecule has 0 bridgehead atoms. The fraction of sp³-hybridized carbons (Fsp3) is 0.250. The summed E-state index contributed by atoms with van der Waals surface area (Å²) < 4.78 is 5.80. The molecular formula is C24H26N4O2. The van der Waals surface area contributed by atoms with E-state index in [0.717, 1.165) is 41.6 Å². The van der Waals surface area contributed by atoms with Crippen LogP contribution >= 0.6 is 0 Å². The largest absolute Gasteiger partial charge is 0.489 e. The van der Waals surface area contributed by atoms with Gasteiger partial charge in [-0.1, -0.05) is 36.4 Å². The van der Waals surface area contributed by atoms with Gasteiger partial charge in [0.1, 0.15) is 18.2 Å². The predicted molar refractivity (Wildman–Crippen MR) is 119 cm³/mol. The van der Waals surface area contributed by atoms with Crippen LogP contribution in [0, 0.1) is 6.92 Å². The second kappa shape index (κ2) is 9.31. The minimum atomic E-state index is -0.0789. The van der Waals surface area contributed by atoms with Gasteiger partial charge < -0.3 is 19.9 Å². The Balaban J connectivity index is 1.26. The van der Waals surface area contributed by atoms with Crippen LogP contribution in [0.15, 0.2) is 72.8 Å². The zero-order valence-corrected chi connectivity index (χ0v) is 17.1. The Morgan fingerprint density at radius 3 is 2.37 bits per heavy atom. The van der Waals surface area contributed by atoms with Crippen molar-refractivity contribution >= 4 is 17.5 Å². The summed E-state index contributed by atoms with van der Waals surface area (Å²) in [5.74, 6) is 1.75. The van der Waals surface area contributed by atoms with Crippen molar-refractivity contribution in [2.24, 2.45) is 0 Å². The molecule has 1 saturated heterocycles. The van der Waals surface area contributed by atoms with E-state index < -0.39 is 0 Å². The Bertz CT molecular complexity index is 968. The highest BCUT2D eigenvalue weighted by Crippen LogP contribution is 2.19. The van der Waals surface area contributed by atoms with Crippen molar-refractivity contribution in [3.63, 3.8) is 0 Å². The molecule has 0 spiro atoms. The summed E-state index contributed by atoms with van der Waals surface area (Å²) in [5, 5.41) is 2.97. The summed E-state index contributed by atoms with van der Waals surface area (Å²) >= 11 is 0. The van der Waals surface area contributed by atoms with Gasteiger partial charge in [0, 0.05) is 37.6 Å². The van der Waals surface area contributed by atoms with Crippen molar-refractivity contribution in [3.05, 3.63) is 84.1 Å². The highest BCUT2D eigenvalue weighted by Gasteiger charge is 2.22. The highest BCUT2D eigenvalue weighted by atomic mass is 16.5. The van der Waals surface area contributed by atoms with Crippen molar-refractivity contribution in [2.45, 2.75) is 13.5 Å². The zero-order valence-electron chi connectivity index (χ0n) is 17.1. The van der Waals surface area contributed by atoms with Gasteiger partial charge in [-0.2, -0.15) is 0 Å². The van der Waals surface area contributed by atoms with Gasteiger partial charge in [0.15, 0.2) is 0 Å². The normalized spacial score (nSPS) is 13.8. The fourth-order valence-electron chi connectivity index (χ4n) is 3.42. The average molecular weight is 402 g/mol. The summed E-state index contributed by atoms with van der Waals surface area (Å²) in [6, 6.07) is 23.5. The number of anilines is 2. The van der Waals surface area contributed by atoms with Gasteiger partial charge in [-0.15, -0.1) is 0 Å². The van der Waals surface area contributed by atoms with Crippen molar-refractivity contribution in [3.8, 4) is 5.75 Å². The summed E-state index contributed by atoms with van der Waals surface area (Å²) in [7, 11) is 0. The van der Waals surface area contributed by atoms with E-state index in [1.807, 2.05) is 84.6 Å². The van der Waals surface area contributed by atoms with Crippen LogP contribution in [-0.4, -0.2) is 42.1 Å². The van der Waals surface area contributed by atoms with Crippen LogP contribution in [0.5, 0.6) is 5.75 Å². The number of nitrogens with one attached hydrogen (secondary N) is 1. The Hall–Kier alpha value is -3.54. The van der Waals surface area contributed by atoms with Gasteiger partial charge in [-0.05, 0) is 48.9 Å². The van der Waals surface area contributed by atoms with Crippen molar-refractivity contribution < 1.29 is 9.53 Å². The van der Waals surface area contributed by atoms with E-state index in [-0.39, 0.29) is 6.03 Å². The molecule has 6 heteroatoms. The van der Waals surface area contributed by atoms with Gasteiger partial charge >= 0.3 is 6.03 Å². The molecule has 0 radical (unpaired) electrons. The number of carbonyl (C=O) groups excluding carboxylic acids is 1. The molecule has 2 aromatic carbocycles. The zero-order chi connectivity index (χ0) is 20.8. The Labute approximate surface area is 177 Å². The molecule has 1 aliphatic heterocycles. The van der Waals surface area contributed by atoms with E-state index in [0.29, 0.717) is 19.7 Å². The average Bonchev–Trinajstić information content (AvgIpc) is 2.79. The lowest BCUT2D eigenvalue weighted by Crippen LogP contribution is -2.50. The molecule has 30 heavy (non-hydrogen) atoms. The van der Waals surface area contributed by atoms with Gasteiger partial charge in [0.25, 0.3) is 0 Å². The summed E-state index contributed by atoms with van der Waals surface area (Å²) in [5.41, 5.74) is 2.88. The maximum Gasteiger partial charge on any atom is 0.321 e. The lowest BCUT2D eigenvalue weighted by atomic mass is 10.2. The van der Waals surface area contributed by atoms with Gasteiger partial charge in [-0.25, -0.2) is 9.78 Å². The van der Waals surface area contributed by atoms with Crippen LogP contribution in [0.1, 0.15) is 11.3 Å². The van der Waals surface area contributed by atoms with E-state index in [4.69, 9.17) is 4.74 Å². The molecule has 1 aromatic heterocycles. The molecule has 6 nitrogen and oxygen atoms in total. The van der Waals surface area contributed by atoms with Gasteiger partial charge in [0.05, 0.1) is 0 Å². The number of ether oxygens (including phenoxy) is 1. The first kappa shape index (κ1) is 19.8. The standard InChI is InChI=1S/C24H26N4O2/c1-19-6-5-9-23(25-19)27-14-16-28(17-15-27)24(29)26-21-10-12-22(13-11-21)30-18-20-7-3-2-4-8-20/h2-13H,14-18H2,1H3,(H,26,29). The molecule has 2 heterocycles. The number of aromatic nitrogens is 1. The number of rotatable bonds is 5. The number of piperazine rings is 1. The molecule has 4 rings (SSSR count). The smallest absolute Gasteiger partial charge is 0.321 e. The third-order valence-corrected chi connectivity index (χ3v) is 5.12. The Morgan fingerprint density at radius 1 is 0.933 bits per heavy atom. The summed E-state index contributed by atoms with van der Waals surface area (Å²) in [4.78, 5) is 21.2. The molecule has 3 aromatic rings. The second-order valence-corrected chi connectivity index (χ2v) is 7.34. The van der Waals surface area contributed by atoms with Crippen LogP contribution in [0.3, 0.4) is 0 Å². The third kappa shape index (κ3) is 5.08. The molecule has 154 valence electrons. The van der Waals surface area contributed by atoms with Crippen molar-refractivity contribution in [2.75, 3.05) is 36.4 Å². The lowest BCUT2D eigenvalue weighted by Gasteiger charge is -2.35. The summed E-state index contributed by atoms with van der Waals surface area (Å²) in [6.45, 7) is 5.39. The molecule has 2 amide bonds. The van der Waals surface area contributed by atoms with Crippen LogP contribution in [0.4, 0.5) is 16.3 Å². The summed E-state index contributed by atoms with van der Waals surface area (Å²) in [6.07, 6.45) is 0. The highest BCUT2D eigenvalue weighted by molar-refractivity contribution is 5.89. The molecular weight excluding hydrogens is 376 g/mol. The van der Waals surface area contributed by atoms with Crippen molar-refractivity contribution in [1.82, 2.24) is 9.88 Å². The molecule has 0 unspecified atom stereocenters. The number of nitrogens with zero attached hydrogens (tertiary/aromatic N) is 3. The van der Waals surface area contributed by atoms with E-state index in [2.05, 4.69) is 15.2 Å². The molecule has 0 saturated carbocycles. The maximum atomic E-state index is 12.6. The van der Waals surface area contributed by atoms with E-state index in [1.165, 1.54) is 0 Å². The molecule has 1 N–H and O–H groups in total. The van der Waals surface area contributed by atoms with Crippen LogP contribution in [0.2, 0.25) is 0 Å². The first-order valence-electron chi connectivity index (χ1n) is 10.2. The number of hydrogen-bond donors (Lipinski definition) is 1. The topological polar surface area (TPSA) is 57.7 Å². The number of urea groups is 1. The van der Waals surface area contributed by atoms with Crippen LogP contribution in [0.25, 0.3) is 0 Å². The van der Waals surface area contributed by atoms with E-state index in [9.17, 15) is 4.79 Å². The van der Waals surface area contributed by atoms with Crippen LogP contribution < -0.4 is 15.0 Å². The van der Waals surface area contributed by atoms with Gasteiger partial charge in [-0.3, -0.25) is 0 Å². The number of pyridine rings is 1. The Kier molecular flexibility index (Phi) is 6.13. The second-order valence-electron chi connectivity index (χ2n) is 7.34. The SMILES string of the molecule is Cc1cccc(N2CCN(C(=O)Nc3ccc(OCc4ccccc4)cc3)CC2)n1. The Morgan fingerprint density at radius 2 is 1.67 bits per heavy atom. The molecule has 1 aliphatic rings. The number of aryl methyl sites for hydroxylation is 1. The molecule has 0 aliphatic carbocycles. The predicted octanol–water partition coefficient (Wildman–Crippen LogP) is 4.32. The lowest BCUT2D eigenvalue weighted by molar-refractivity contribution is 0.208. The minimum Gasteiger partial charge on any atom is -0.489 e. The van der Waals surface area contributed by atoms with E-state index >= 15 is 0 Å². The monoisotopic (exact) mass is 402 g/mol. The van der Waals surface area contributed by atoms with Crippen LogP contribution in [-0.2, 0) is 6.61 Å². The first-order valence-corrected chi connectivity index (χ1v) is 10.2. The third-order valence-electron chi connectivity index (χ3n) is 5.12. The number of carbonyl (C=O) groups is 1. The maximum absolute atomic E-state index is 12.6. The number of hydrogen-bond acceptors (Lipinski definition) is 4. The quantitative estimate of drug-likeness (QED) is 0.690. The minimum absolute atomic E-state index is 0.0789. The first-order chi connectivity index (χ1) is 14.7. The number of benzene rings is 2. The molecule has 1 fully saturated rings. The van der Waals surface area contributed by atoms with E-state index in [1.54, 1.807) is 0 Å². The number of amides is 2. The molecule has 0 atom stereocenters. The van der Waals surface area contributed by atoms with Gasteiger partial charge in [0.2, 0.25) is 0 Å². The fourth-order valence-corrected chi connectivity index (χ4v) is 3.42.